The minimum atomic E-state index is 0.669. The van der Waals surface area contributed by atoms with Crippen molar-refractivity contribution in [2.24, 2.45) is 11.8 Å². The molecule has 0 radical (unpaired) electrons. The first-order chi connectivity index (χ1) is 19.6. The molecule has 1 heterocycles. The molecular weight excluding hydrogens is 518 g/mol. The highest BCUT2D eigenvalue weighted by Crippen LogP contribution is 2.40. The Bertz CT molecular complexity index is 1300. The summed E-state index contributed by atoms with van der Waals surface area (Å²) in [5.41, 5.74) is 7.91. The molecule has 214 valence electrons. The molecular formula is C34H44ClN3O2. The van der Waals surface area contributed by atoms with E-state index in [1.807, 2.05) is 12.1 Å². The Labute approximate surface area is 244 Å². The number of aromatic nitrogens is 1. The van der Waals surface area contributed by atoms with Gasteiger partial charge in [0.05, 0.1) is 19.7 Å². The molecule has 5 nitrogen and oxygen atoms in total. The second-order valence-corrected chi connectivity index (χ2v) is 12.7. The Morgan fingerprint density at radius 1 is 0.875 bits per heavy atom. The van der Waals surface area contributed by atoms with Crippen molar-refractivity contribution in [2.45, 2.75) is 83.1 Å². The quantitative estimate of drug-likeness (QED) is 0.250. The van der Waals surface area contributed by atoms with Crippen LogP contribution in [0.5, 0.6) is 11.5 Å². The minimum absolute atomic E-state index is 0.669. The second-order valence-electron chi connectivity index (χ2n) is 12.2. The van der Waals surface area contributed by atoms with E-state index in [-0.39, 0.29) is 0 Å². The molecule has 6 rings (SSSR count). The molecule has 40 heavy (non-hydrogen) atoms. The van der Waals surface area contributed by atoms with Crippen molar-refractivity contribution in [3.8, 4) is 11.5 Å². The number of methoxy groups -OCH3 is 2. The topological polar surface area (TPSA) is 55.4 Å². The van der Waals surface area contributed by atoms with Gasteiger partial charge >= 0.3 is 0 Å². The average Bonchev–Trinajstić information content (AvgIpc) is 3.37. The second kappa shape index (κ2) is 12.6. The predicted molar refractivity (Wildman–Crippen MR) is 165 cm³/mol. The molecule has 0 saturated heterocycles. The van der Waals surface area contributed by atoms with E-state index in [4.69, 9.17) is 26.1 Å². The Morgan fingerprint density at radius 3 is 2.33 bits per heavy atom. The number of rotatable bonds is 10. The molecule has 0 bridgehead atoms. The van der Waals surface area contributed by atoms with Gasteiger partial charge in [0.2, 0.25) is 0 Å². The summed E-state index contributed by atoms with van der Waals surface area (Å²) in [5, 5.41) is 9.64. The Kier molecular flexibility index (Phi) is 8.69. The molecule has 2 N–H and O–H groups in total. The third kappa shape index (κ3) is 6.06. The maximum absolute atomic E-state index is 6.29. The van der Waals surface area contributed by atoms with Gasteiger partial charge in [-0.2, -0.15) is 0 Å². The van der Waals surface area contributed by atoms with E-state index in [9.17, 15) is 0 Å². The SMILES string of the molecule is COc1cc2c(cc1OC)CC(CC1CCC(NCCCNc3c4c(nc5cc(Cl)ccc35)CCCC4)CC1)C2. The fourth-order valence-corrected chi connectivity index (χ4v) is 7.65. The fourth-order valence-electron chi connectivity index (χ4n) is 7.49. The normalized spacial score (nSPS) is 20.8. The number of anilines is 1. The maximum atomic E-state index is 6.29. The van der Waals surface area contributed by atoms with E-state index in [1.165, 1.54) is 91.2 Å². The number of nitrogens with zero attached hydrogens (tertiary/aromatic N) is 1. The summed E-state index contributed by atoms with van der Waals surface area (Å²) in [4.78, 5) is 4.96. The third-order valence-electron chi connectivity index (χ3n) is 9.55. The zero-order valence-electron chi connectivity index (χ0n) is 24.2. The van der Waals surface area contributed by atoms with Gasteiger partial charge in [-0.15, -0.1) is 0 Å². The van der Waals surface area contributed by atoms with Gasteiger partial charge in [-0.05, 0) is 142 Å². The Hall–Kier alpha value is -2.50. The number of hydrogen-bond donors (Lipinski definition) is 2. The standard InChI is InChI=1S/C34H44ClN3O2/c1-39-32-19-24-17-23(18-25(24)20-33(32)40-2)16-22-8-11-27(12-9-22)36-14-5-15-37-34-28-6-3-4-7-30(28)38-31-21-26(35)10-13-29(31)34/h10,13,19-23,27,36H,3-9,11-12,14-18H2,1-2H3,(H,37,38). The van der Waals surface area contributed by atoms with E-state index in [0.717, 1.165) is 66.2 Å². The van der Waals surface area contributed by atoms with Crippen molar-refractivity contribution in [3.05, 3.63) is 57.7 Å². The number of hydrogen-bond acceptors (Lipinski definition) is 5. The smallest absolute Gasteiger partial charge is 0.161 e. The van der Waals surface area contributed by atoms with Gasteiger partial charge in [0.15, 0.2) is 11.5 Å². The molecule has 6 heteroatoms. The zero-order chi connectivity index (χ0) is 27.5. The predicted octanol–water partition coefficient (Wildman–Crippen LogP) is 7.54. The summed E-state index contributed by atoms with van der Waals surface area (Å²) in [5.74, 6) is 3.35. The molecule has 0 spiro atoms. The molecule has 0 amide bonds. The van der Waals surface area contributed by atoms with Crippen LogP contribution >= 0.6 is 11.6 Å². The molecule has 2 aromatic carbocycles. The third-order valence-corrected chi connectivity index (χ3v) is 9.78. The molecule has 1 aromatic heterocycles. The van der Waals surface area contributed by atoms with Crippen molar-refractivity contribution in [1.82, 2.24) is 10.3 Å². The van der Waals surface area contributed by atoms with Gasteiger partial charge < -0.3 is 20.1 Å². The van der Waals surface area contributed by atoms with Crippen LogP contribution in [0.3, 0.4) is 0 Å². The summed E-state index contributed by atoms with van der Waals surface area (Å²) in [7, 11) is 3.46. The van der Waals surface area contributed by atoms with Crippen molar-refractivity contribution >= 4 is 28.2 Å². The molecule has 3 aliphatic rings. The number of pyridine rings is 1. The Morgan fingerprint density at radius 2 is 1.60 bits per heavy atom. The first-order valence-electron chi connectivity index (χ1n) is 15.4. The summed E-state index contributed by atoms with van der Waals surface area (Å²) < 4.78 is 11.1. The van der Waals surface area contributed by atoms with E-state index >= 15 is 0 Å². The lowest BCUT2D eigenvalue weighted by Crippen LogP contribution is -2.34. The highest BCUT2D eigenvalue weighted by atomic mass is 35.5. The number of fused-ring (bicyclic) bond motifs is 3. The van der Waals surface area contributed by atoms with Crippen LogP contribution in [0.25, 0.3) is 10.9 Å². The van der Waals surface area contributed by atoms with Crippen LogP contribution in [0.2, 0.25) is 5.02 Å². The molecule has 3 aliphatic carbocycles. The highest BCUT2D eigenvalue weighted by Gasteiger charge is 2.28. The largest absolute Gasteiger partial charge is 0.493 e. The van der Waals surface area contributed by atoms with Crippen molar-refractivity contribution in [1.29, 1.82) is 0 Å². The number of ether oxygens (including phenoxy) is 2. The first kappa shape index (κ1) is 27.7. The number of halogens is 1. The summed E-state index contributed by atoms with van der Waals surface area (Å²) in [6.07, 6.45) is 14.9. The van der Waals surface area contributed by atoms with E-state index in [0.29, 0.717) is 6.04 Å². The lowest BCUT2D eigenvalue weighted by atomic mass is 9.80. The van der Waals surface area contributed by atoms with Gasteiger partial charge in [-0.1, -0.05) is 11.6 Å². The summed E-state index contributed by atoms with van der Waals surface area (Å²) >= 11 is 6.29. The van der Waals surface area contributed by atoms with E-state index in [1.54, 1.807) is 14.2 Å². The number of nitrogens with one attached hydrogen (secondary N) is 2. The van der Waals surface area contributed by atoms with Gasteiger partial charge in [0, 0.05) is 34.4 Å². The zero-order valence-corrected chi connectivity index (χ0v) is 24.9. The fraction of sp³-hybridized carbons (Fsp3) is 0.559. The monoisotopic (exact) mass is 561 g/mol. The van der Waals surface area contributed by atoms with Crippen molar-refractivity contribution in [3.63, 3.8) is 0 Å². The van der Waals surface area contributed by atoms with Crippen molar-refractivity contribution < 1.29 is 9.47 Å². The molecule has 0 aliphatic heterocycles. The summed E-state index contributed by atoms with van der Waals surface area (Å²) in [6.45, 7) is 2.05. The first-order valence-corrected chi connectivity index (χ1v) is 15.8. The molecule has 3 aromatic rings. The van der Waals surface area contributed by atoms with Crippen molar-refractivity contribution in [2.75, 3.05) is 32.6 Å². The minimum Gasteiger partial charge on any atom is -0.493 e. The molecule has 0 atom stereocenters. The summed E-state index contributed by atoms with van der Waals surface area (Å²) in [6, 6.07) is 11.2. The number of benzene rings is 2. The van der Waals surface area contributed by atoms with E-state index in [2.05, 4.69) is 28.8 Å². The maximum Gasteiger partial charge on any atom is 0.161 e. The van der Waals surface area contributed by atoms with Crippen LogP contribution in [0.1, 0.15) is 73.8 Å². The molecule has 1 saturated carbocycles. The lowest BCUT2D eigenvalue weighted by Gasteiger charge is -2.30. The van der Waals surface area contributed by atoms with Crippen LogP contribution in [-0.4, -0.2) is 38.3 Å². The van der Waals surface area contributed by atoms with Gasteiger partial charge in [-0.3, -0.25) is 4.98 Å². The van der Waals surface area contributed by atoms with Crippen LogP contribution in [0.15, 0.2) is 30.3 Å². The van der Waals surface area contributed by atoms with Crippen LogP contribution in [0.4, 0.5) is 5.69 Å². The average molecular weight is 562 g/mol. The highest BCUT2D eigenvalue weighted by molar-refractivity contribution is 6.31. The Balaban J connectivity index is 0.941. The van der Waals surface area contributed by atoms with Gasteiger partial charge in [0.25, 0.3) is 0 Å². The van der Waals surface area contributed by atoms with Crippen LogP contribution in [0, 0.1) is 11.8 Å². The van der Waals surface area contributed by atoms with Gasteiger partial charge in [0.1, 0.15) is 0 Å². The van der Waals surface area contributed by atoms with Gasteiger partial charge in [-0.25, -0.2) is 0 Å². The number of aryl methyl sites for hydroxylation is 1. The molecule has 1 fully saturated rings. The molecule has 0 unspecified atom stereocenters. The van der Waals surface area contributed by atoms with Crippen LogP contribution < -0.4 is 20.1 Å². The van der Waals surface area contributed by atoms with Crippen LogP contribution in [-0.2, 0) is 25.7 Å². The lowest BCUT2D eigenvalue weighted by molar-refractivity contribution is 0.251. The van der Waals surface area contributed by atoms with E-state index < -0.39 is 0 Å².